The van der Waals surface area contributed by atoms with Crippen molar-refractivity contribution in [2.45, 2.75) is 39.7 Å². The Bertz CT molecular complexity index is 1050. The maximum absolute atomic E-state index is 13.6. The summed E-state index contributed by atoms with van der Waals surface area (Å²) in [6.45, 7) is 8.57. The Balaban J connectivity index is 1.80. The Morgan fingerprint density at radius 2 is 1.71 bits per heavy atom. The molecule has 1 aromatic carbocycles. The smallest absolute Gasteiger partial charge is 0.295 e. The van der Waals surface area contributed by atoms with Gasteiger partial charge in [0, 0.05) is 30.0 Å². The molecule has 164 valence electrons. The molecule has 2 aromatic rings. The number of hydrogen-bond acceptors (Lipinski definition) is 4. The van der Waals surface area contributed by atoms with E-state index in [0.29, 0.717) is 24.2 Å². The molecule has 3 heterocycles. The van der Waals surface area contributed by atoms with Crippen LogP contribution in [0.3, 0.4) is 0 Å². The molecule has 4 rings (SSSR count). The van der Waals surface area contributed by atoms with Gasteiger partial charge in [0.25, 0.3) is 11.7 Å². The molecule has 7 heteroatoms. The molecule has 2 aliphatic rings. The van der Waals surface area contributed by atoms with Crippen LogP contribution in [0.4, 0.5) is 4.39 Å². The van der Waals surface area contributed by atoms with Gasteiger partial charge in [0.15, 0.2) is 0 Å². The van der Waals surface area contributed by atoms with E-state index in [1.807, 2.05) is 20.8 Å². The van der Waals surface area contributed by atoms with Crippen molar-refractivity contribution in [3.63, 3.8) is 0 Å². The lowest BCUT2D eigenvalue weighted by atomic mass is 9.94. The molecule has 1 unspecified atom stereocenters. The molecular formula is C24H28FN3O3. The van der Waals surface area contributed by atoms with Crippen LogP contribution in [0.5, 0.6) is 0 Å². The van der Waals surface area contributed by atoms with Gasteiger partial charge in [-0.3, -0.25) is 9.59 Å². The lowest BCUT2D eigenvalue weighted by molar-refractivity contribution is -0.140. The van der Waals surface area contributed by atoms with Crippen LogP contribution in [-0.2, 0) is 9.59 Å². The van der Waals surface area contributed by atoms with Crippen LogP contribution < -0.4 is 0 Å². The fourth-order valence-corrected chi connectivity index (χ4v) is 4.75. The van der Waals surface area contributed by atoms with E-state index in [2.05, 4.69) is 9.88 Å². The molecule has 2 saturated heterocycles. The second-order valence-electron chi connectivity index (χ2n) is 8.47. The SMILES string of the molecule is Cc1[nH]c(C)c(/C(O)=C2\C(=O)C(=O)N(CCN3CCCC3)C2c2ccc(F)cc2)c1C. The minimum absolute atomic E-state index is 0.0585. The van der Waals surface area contributed by atoms with Crippen LogP contribution in [0.2, 0.25) is 0 Å². The number of Topliss-reactive ketones (excluding diaryl/α,β-unsaturated/α-hetero) is 1. The van der Waals surface area contributed by atoms with Crippen molar-refractivity contribution in [1.82, 2.24) is 14.8 Å². The number of hydrogen-bond donors (Lipinski definition) is 2. The zero-order valence-electron chi connectivity index (χ0n) is 18.2. The molecule has 0 radical (unpaired) electrons. The van der Waals surface area contributed by atoms with Gasteiger partial charge in [-0.15, -0.1) is 0 Å². The number of amides is 1. The van der Waals surface area contributed by atoms with Gasteiger partial charge in [0.2, 0.25) is 0 Å². The summed E-state index contributed by atoms with van der Waals surface area (Å²) in [5.74, 6) is -1.91. The third-order valence-electron chi connectivity index (χ3n) is 6.51. The fraction of sp³-hybridized carbons (Fsp3) is 0.417. The lowest BCUT2D eigenvalue weighted by Gasteiger charge is -2.27. The molecule has 0 spiro atoms. The summed E-state index contributed by atoms with van der Waals surface area (Å²) in [5, 5.41) is 11.2. The predicted octanol–water partition coefficient (Wildman–Crippen LogP) is 3.60. The van der Waals surface area contributed by atoms with Crippen molar-refractivity contribution in [3.8, 4) is 0 Å². The van der Waals surface area contributed by atoms with Crippen molar-refractivity contribution >= 4 is 17.4 Å². The maximum atomic E-state index is 13.6. The number of aliphatic hydroxyl groups excluding tert-OH is 1. The third kappa shape index (κ3) is 3.78. The first-order valence-electron chi connectivity index (χ1n) is 10.7. The molecule has 1 aromatic heterocycles. The highest BCUT2D eigenvalue weighted by Crippen LogP contribution is 2.40. The first-order valence-corrected chi connectivity index (χ1v) is 10.7. The average molecular weight is 426 g/mol. The van der Waals surface area contributed by atoms with Crippen molar-refractivity contribution < 1.29 is 19.1 Å². The van der Waals surface area contributed by atoms with E-state index in [1.54, 1.807) is 12.1 Å². The number of aromatic amines is 1. The second-order valence-corrected chi connectivity index (χ2v) is 8.47. The normalized spacial score (nSPS) is 21.4. The number of benzene rings is 1. The van der Waals surface area contributed by atoms with E-state index in [9.17, 15) is 19.1 Å². The van der Waals surface area contributed by atoms with Gasteiger partial charge < -0.3 is 19.9 Å². The second kappa shape index (κ2) is 8.30. The molecule has 0 aliphatic carbocycles. The summed E-state index contributed by atoms with van der Waals surface area (Å²) in [6.07, 6.45) is 2.26. The topological polar surface area (TPSA) is 76.6 Å². The predicted molar refractivity (Wildman–Crippen MR) is 116 cm³/mol. The number of halogens is 1. The monoisotopic (exact) mass is 425 g/mol. The number of aryl methyl sites for hydroxylation is 2. The highest BCUT2D eigenvalue weighted by Gasteiger charge is 2.46. The van der Waals surface area contributed by atoms with Gasteiger partial charge in [-0.1, -0.05) is 12.1 Å². The molecular weight excluding hydrogens is 397 g/mol. The molecule has 2 N–H and O–H groups in total. The fourth-order valence-electron chi connectivity index (χ4n) is 4.75. The molecule has 1 atom stereocenters. The van der Waals surface area contributed by atoms with Crippen LogP contribution in [-0.4, -0.2) is 57.8 Å². The summed E-state index contributed by atoms with van der Waals surface area (Å²) < 4.78 is 13.6. The Labute approximate surface area is 181 Å². The highest BCUT2D eigenvalue weighted by atomic mass is 19.1. The van der Waals surface area contributed by atoms with Crippen LogP contribution >= 0.6 is 0 Å². The number of nitrogens with zero attached hydrogens (tertiary/aromatic N) is 2. The first kappa shape index (κ1) is 21.3. The van der Waals surface area contributed by atoms with Gasteiger partial charge in [0.05, 0.1) is 11.6 Å². The maximum Gasteiger partial charge on any atom is 0.295 e. The van der Waals surface area contributed by atoms with Crippen LogP contribution in [0.15, 0.2) is 29.8 Å². The third-order valence-corrected chi connectivity index (χ3v) is 6.51. The van der Waals surface area contributed by atoms with E-state index in [-0.39, 0.29) is 11.3 Å². The van der Waals surface area contributed by atoms with Gasteiger partial charge in [-0.05, 0) is 70.0 Å². The Kier molecular flexibility index (Phi) is 5.71. The molecule has 6 nitrogen and oxygen atoms in total. The minimum atomic E-state index is -0.753. The number of carbonyl (C=O) groups excluding carboxylic acids is 2. The number of likely N-dealkylation sites (tertiary alicyclic amines) is 2. The largest absolute Gasteiger partial charge is 0.507 e. The zero-order valence-corrected chi connectivity index (χ0v) is 18.2. The lowest BCUT2D eigenvalue weighted by Crippen LogP contribution is -2.37. The molecule has 2 fully saturated rings. The summed E-state index contributed by atoms with van der Waals surface area (Å²) in [5.41, 5.74) is 3.65. The molecule has 2 aliphatic heterocycles. The van der Waals surface area contributed by atoms with Crippen LogP contribution in [0.1, 0.15) is 47.0 Å². The molecule has 1 amide bonds. The quantitative estimate of drug-likeness (QED) is 0.436. The van der Waals surface area contributed by atoms with E-state index >= 15 is 0 Å². The number of aliphatic hydroxyl groups is 1. The first-order chi connectivity index (χ1) is 14.8. The van der Waals surface area contributed by atoms with Crippen molar-refractivity contribution in [1.29, 1.82) is 0 Å². The number of aromatic nitrogens is 1. The van der Waals surface area contributed by atoms with E-state index in [1.165, 1.54) is 17.0 Å². The van der Waals surface area contributed by atoms with Crippen molar-refractivity contribution in [2.24, 2.45) is 0 Å². The summed E-state index contributed by atoms with van der Waals surface area (Å²) in [6, 6.07) is 5.02. The highest BCUT2D eigenvalue weighted by molar-refractivity contribution is 6.46. The molecule has 0 saturated carbocycles. The standard InChI is InChI=1S/C24H28FN3O3/c1-14-15(2)26-16(3)19(14)22(29)20-21(17-6-8-18(25)9-7-17)28(24(31)23(20)30)13-12-27-10-4-5-11-27/h6-9,21,26,29H,4-5,10-13H2,1-3H3/b22-20+. The Morgan fingerprint density at radius 1 is 1.06 bits per heavy atom. The zero-order chi connectivity index (χ0) is 22.3. The number of rotatable bonds is 5. The van der Waals surface area contributed by atoms with E-state index < -0.39 is 23.5 Å². The average Bonchev–Trinajstić information content (AvgIpc) is 3.40. The van der Waals surface area contributed by atoms with Crippen molar-refractivity contribution in [2.75, 3.05) is 26.2 Å². The summed E-state index contributed by atoms with van der Waals surface area (Å²) in [4.78, 5) is 33.1. The van der Waals surface area contributed by atoms with Gasteiger partial charge >= 0.3 is 0 Å². The van der Waals surface area contributed by atoms with Gasteiger partial charge in [-0.25, -0.2) is 4.39 Å². The summed E-state index contributed by atoms with van der Waals surface area (Å²) >= 11 is 0. The minimum Gasteiger partial charge on any atom is -0.507 e. The van der Waals surface area contributed by atoms with Crippen molar-refractivity contribution in [3.05, 3.63) is 63.7 Å². The summed E-state index contributed by atoms with van der Waals surface area (Å²) in [7, 11) is 0. The number of carbonyl (C=O) groups is 2. The van der Waals surface area contributed by atoms with E-state index in [4.69, 9.17) is 0 Å². The number of ketones is 1. The molecule has 0 bridgehead atoms. The number of H-pyrrole nitrogens is 1. The van der Waals surface area contributed by atoms with Crippen LogP contribution in [0.25, 0.3) is 5.76 Å². The Morgan fingerprint density at radius 3 is 2.29 bits per heavy atom. The Hall–Kier alpha value is -2.93. The van der Waals surface area contributed by atoms with Gasteiger partial charge in [-0.2, -0.15) is 0 Å². The number of nitrogens with one attached hydrogen (secondary N) is 1. The van der Waals surface area contributed by atoms with Crippen LogP contribution in [0, 0.1) is 26.6 Å². The van der Waals surface area contributed by atoms with Gasteiger partial charge in [0.1, 0.15) is 11.6 Å². The molecule has 31 heavy (non-hydrogen) atoms. The van der Waals surface area contributed by atoms with E-state index in [0.717, 1.165) is 42.9 Å².